The molecule has 2 aliphatic rings. The lowest BCUT2D eigenvalue weighted by Gasteiger charge is -2.11. The van der Waals surface area contributed by atoms with Crippen LogP contribution in [0.4, 0.5) is 0 Å². The maximum atomic E-state index is 11.5. The van der Waals surface area contributed by atoms with Gasteiger partial charge in [-0.15, -0.1) is 0 Å². The third-order valence-corrected chi connectivity index (χ3v) is 3.62. The van der Waals surface area contributed by atoms with Crippen molar-refractivity contribution in [3.05, 3.63) is 0 Å². The number of amides is 1. The van der Waals surface area contributed by atoms with Crippen molar-refractivity contribution in [2.45, 2.75) is 38.2 Å². The molecule has 1 amide bonds. The van der Waals surface area contributed by atoms with Crippen molar-refractivity contribution in [1.29, 1.82) is 0 Å². The topological polar surface area (TPSA) is 61.4 Å². The number of rotatable bonds is 6. The largest absolute Gasteiger partial charge is 0.391 e. The first-order chi connectivity index (χ1) is 7.75. The lowest BCUT2D eigenvalue weighted by Crippen LogP contribution is -2.33. The number of aliphatic hydroxyl groups is 1. The summed E-state index contributed by atoms with van der Waals surface area (Å²) in [7, 11) is 0. The van der Waals surface area contributed by atoms with Gasteiger partial charge in [0.1, 0.15) is 0 Å². The molecule has 1 saturated heterocycles. The minimum Gasteiger partial charge on any atom is -0.391 e. The number of aliphatic hydroxyl groups excluding tert-OH is 1. The summed E-state index contributed by atoms with van der Waals surface area (Å²) < 4.78 is 0. The van der Waals surface area contributed by atoms with E-state index in [0.29, 0.717) is 24.8 Å². The van der Waals surface area contributed by atoms with Crippen molar-refractivity contribution in [2.75, 3.05) is 19.6 Å². The summed E-state index contributed by atoms with van der Waals surface area (Å²) in [5.74, 6) is 1.20. The van der Waals surface area contributed by atoms with Crippen LogP contribution in [0.25, 0.3) is 0 Å². The molecule has 92 valence electrons. The van der Waals surface area contributed by atoms with E-state index in [1.54, 1.807) is 0 Å². The van der Waals surface area contributed by atoms with Gasteiger partial charge in [-0.25, -0.2) is 0 Å². The minimum atomic E-state index is -0.322. The quantitative estimate of drug-likeness (QED) is 0.609. The van der Waals surface area contributed by atoms with E-state index in [0.717, 1.165) is 32.4 Å². The average molecular weight is 226 g/mol. The predicted octanol–water partition coefficient (Wildman–Crippen LogP) is 0.263. The molecule has 0 bridgehead atoms. The minimum absolute atomic E-state index is 0.0894. The van der Waals surface area contributed by atoms with E-state index >= 15 is 0 Å². The van der Waals surface area contributed by atoms with Crippen LogP contribution in [0.3, 0.4) is 0 Å². The van der Waals surface area contributed by atoms with Gasteiger partial charge in [0.05, 0.1) is 6.10 Å². The second kappa shape index (κ2) is 5.64. The van der Waals surface area contributed by atoms with Crippen molar-refractivity contribution in [2.24, 2.45) is 11.8 Å². The zero-order valence-electron chi connectivity index (χ0n) is 9.74. The Balaban J connectivity index is 1.53. The molecule has 1 saturated carbocycles. The Morgan fingerprint density at radius 1 is 1.44 bits per heavy atom. The van der Waals surface area contributed by atoms with Gasteiger partial charge in [0.15, 0.2) is 0 Å². The third kappa shape index (κ3) is 3.76. The molecule has 3 N–H and O–H groups in total. The van der Waals surface area contributed by atoms with Gasteiger partial charge < -0.3 is 15.7 Å². The predicted molar refractivity (Wildman–Crippen MR) is 62.0 cm³/mol. The molecule has 0 spiro atoms. The molecule has 1 aliphatic heterocycles. The number of hydrogen-bond acceptors (Lipinski definition) is 3. The fraction of sp³-hybridized carbons (Fsp3) is 0.917. The maximum Gasteiger partial charge on any atom is 0.220 e. The fourth-order valence-electron chi connectivity index (χ4n) is 2.25. The lowest BCUT2D eigenvalue weighted by molar-refractivity contribution is -0.121. The van der Waals surface area contributed by atoms with Crippen LogP contribution in [0, 0.1) is 11.8 Å². The van der Waals surface area contributed by atoms with Crippen LogP contribution in [0.2, 0.25) is 0 Å². The number of nitrogens with one attached hydrogen (secondary N) is 2. The van der Waals surface area contributed by atoms with Crippen molar-refractivity contribution in [3.8, 4) is 0 Å². The van der Waals surface area contributed by atoms with Crippen LogP contribution in [0.1, 0.15) is 32.1 Å². The molecule has 2 atom stereocenters. The third-order valence-electron chi connectivity index (χ3n) is 3.62. The Kier molecular flexibility index (Phi) is 4.18. The second-order valence-electron chi connectivity index (χ2n) is 5.11. The van der Waals surface area contributed by atoms with Crippen LogP contribution >= 0.6 is 0 Å². The molecule has 16 heavy (non-hydrogen) atoms. The van der Waals surface area contributed by atoms with Gasteiger partial charge in [0.2, 0.25) is 5.91 Å². The van der Waals surface area contributed by atoms with Crippen LogP contribution in [0.15, 0.2) is 0 Å². The van der Waals surface area contributed by atoms with Crippen molar-refractivity contribution in [1.82, 2.24) is 10.6 Å². The highest BCUT2D eigenvalue weighted by Gasteiger charge is 2.29. The average Bonchev–Trinajstić information content (AvgIpc) is 3.01. The van der Waals surface area contributed by atoms with Crippen LogP contribution in [0.5, 0.6) is 0 Å². The van der Waals surface area contributed by atoms with Crippen molar-refractivity contribution >= 4 is 5.91 Å². The van der Waals surface area contributed by atoms with Gasteiger partial charge in [-0.05, 0) is 50.6 Å². The summed E-state index contributed by atoms with van der Waals surface area (Å²) in [5, 5.41) is 15.7. The van der Waals surface area contributed by atoms with Gasteiger partial charge in [0, 0.05) is 13.0 Å². The zero-order valence-corrected chi connectivity index (χ0v) is 9.74. The summed E-state index contributed by atoms with van der Waals surface area (Å²) in [6, 6.07) is 0. The maximum absolute atomic E-state index is 11.5. The zero-order chi connectivity index (χ0) is 11.4. The molecule has 4 nitrogen and oxygen atoms in total. The summed E-state index contributed by atoms with van der Waals surface area (Å²) in [6.45, 7) is 2.58. The van der Waals surface area contributed by atoms with E-state index < -0.39 is 0 Å². The van der Waals surface area contributed by atoms with Gasteiger partial charge >= 0.3 is 0 Å². The second-order valence-corrected chi connectivity index (χ2v) is 5.11. The molecule has 0 aromatic carbocycles. The molecular formula is C12H22N2O2. The van der Waals surface area contributed by atoms with E-state index in [4.69, 9.17) is 0 Å². The summed E-state index contributed by atoms with van der Waals surface area (Å²) in [4.78, 5) is 11.5. The highest BCUT2D eigenvalue weighted by molar-refractivity contribution is 5.75. The Morgan fingerprint density at radius 2 is 2.25 bits per heavy atom. The normalized spacial score (nSPS) is 26.7. The van der Waals surface area contributed by atoms with Gasteiger partial charge in [-0.2, -0.15) is 0 Å². The molecule has 4 heteroatoms. The molecule has 0 radical (unpaired) electrons. The van der Waals surface area contributed by atoms with Crippen LogP contribution in [-0.4, -0.2) is 36.8 Å². The monoisotopic (exact) mass is 226 g/mol. The first-order valence-electron chi connectivity index (χ1n) is 6.41. The lowest BCUT2D eigenvalue weighted by atomic mass is 10.0. The van der Waals surface area contributed by atoms with Gasteiger partial charge in [-0.3, -0.25) is 4.79 Å². The molecule has 0 aromatic rings. The molecule has 1 aliphatic carbocycles. The SMILES string of the molecule is O=C(CCC1CCNC1)NCC(O)C1CC1. The smallest absolute Gasteiger partial charge is 0.220 e. The molecule has 2 rings (SSSR count). The molecule has 1 heterocycles. The Hall–Kier alpha value is -0.610. The number of hydrogen-bond donors (Lipinski definition) is 3. The highest BCUT2D eigenvalue weighted by atomic mass is 16.3. The Labute approximate surface area is 96.8 Å². The van der Waals surface area contributed by atoms with E-state index in [2.05, 4.69) is 10.6 Å². The molecule has 0 aromatic heterocycles. The van der Waals surface area contributed by atoms with E-state index in [1.807, 2.05) is 0 Å². The Bertz CT molecular complexity index is 227. The van der Waals surface area contributed by atoms with Crippen LogP contribution < -0.4 is 10.6 Å². The highest BCUT2D eigenvalue weighted by Crippen LogP contribution is 2.32. The van der Waals surface area contributed by atoms with Crippen molar-refractivity contribution in [3.63, 3.8) is 0 Å². The first-order valence-corrected chi connectivity index (χ1v) is 6.41. The van der Waals surface area contributed by atoms with E-state index in [9.17, 15) is 9.90 Å². The van der Waals surface area contributed by atoms with E-state index in [-0.39, 0.29) is 12.0 Å². The summed E-state index contributed by atoms with van der Waals surface area (Å²) in [5.41, 5.74) is 0. The van der Waals surface area contributed by atoms with E-state index in [1.165, 1.54) is 6.42 Å². The first kappa shape index (κ1) is 11.9. The fourth-order valence-corrected chi connectivity index (χ4v) is 2.25. The molecule has 2 unspecified atom stereocenters. The molecule has 2 fully saturated rings. The Morgan fingerprint density at radius 3 is 2.88 bits per heavy atom. The van der Waals surface area contributed by atoms with Crippen LogP contribution in [-0.2, 0) is 4.79 Å². The standard InChI is InChI=1S/C12H22N2O2/c15-11(10-2-3-10)8-14-12(16)4-1-9-5-6-13-7-9/h9-11,13,15H,1-8H2,(H,14,16). The summed E-state index contributed by atoms with van der Waals surface area (Å²) in [6.07, 6.45) is 4.67. The van der Waals surface area contributed by atoms with Gasteiger partial charge in [0.25, 0.3) is 0 Å². The summed E-state index contributed by atoms with van der Waals surface area (Å²) >= 11 is 0. The number of carbonyl (C=O) groups excluding carboxylic acids is 1. The van der Waals surface area contributed by atoms with Gasteiger partial charge in [-0.1, -0.05) is 0 Å². The molecular weight excluding hydrogens is 204 g/mol. The van der Waals surface area contributed by atoms with Crippen molar-refractivity contribution < 1.29 is 9.90 Å². The number of carbonyl (C=O) groups is 1.